The quantitative estimate of drug-likeness (QED) is 0.267. The molecule has 0 saturated carbocycles. The molecule has 1 aromatic heterocycles. The van der Waals surface area contributed by atoms with Gasteiger partial charge in [-0.2, -0.15) is 0 Å². The molecule has 0 aliphatic carbocycles. The number of rotatable bonds is 6. The second-order valence-electron chi connectivity index (χ2n) is 7.47. The number of anilines is 1. The number of furan rings is 1. The maximum Gasteiger partial charge on any atom is 0.300 e. The monoisotopic (exact) mass is 495 g/mol. The maximum absolute atomic E-state index is 13.1. The van der Waals surface area contributed by atoms with Crippen LogP contribution in [0.2, 0.25) is 0 Å². The fraction of sp³-hybridized carbons (Fsp3) is 0.200. The molecular weight excluding hydrogens is 474 g/mol. The fourth-order valence-electron chi connectivity index (χ4n) is 3.68. The molecule has 3 aromatic rings. The second-order valence-corrected chi connectivity index (χ2v) is 8.39. The van der Waals surface area contributed by atoms with Gasteiger partial charge in [0, 0.05) is 15.7 Å². The highest BCUT2D eigenvalue weighted by molar-refractivity contribution is 9.10. The Labute approximate surface area is 194 Å². The lowest BCUT2D eigenvalue weighted by Crippen LogP contribution is -2.29. The van der Waals surface area contributed by atoms with E-state index < -0.39 is 17.7 Å². The molecule has 1 N–H and O–H groups in total. The minimum atomic E-state index is -0.894. The summed E-state index contributed by atoms with van der Waals surface area (Å²) in [5, 5.41) is 11.1. The number of ether oxygens (including phenoxy) is 1. The molecule has 2 heterocycles. The summed E-state index contributed by atoms with van der Waals surface area (Å²) in [5.74, 6) is -0.0686. The Morgan fingerprint density at radius 2 is 1.88 bits per heavy atom. The van der Waals surface area contributed by atoms with Crippen molar-refractivity contribution in [2.75, 3.05) is 11.5 Å². The van der Waals surface area contributed by atoms with E-state index in [0.29, 0.717) is 35.1 Å². The van der Waals surface area contributed by atoms with E-state index in [9.17, 15) is 14.7 Å². The van der Waals surface area contributed by atoms with E-state index in [4.69, 9.17) is 9.15 Å². The first-order chi connectivity index (χ1) is 15.4. The lowest BCUT2D eigenvalue weighted by Gasteiger charge is -2.23. The molecular formula is C25H22BrNO5. The van der Waals surface area contributed by atoms with Gasteiger partial charge >= 0.3 is 0 Å². The van der Waals surface area contributed by atoms with Crippen LogP contribution in [0.4, 0.5) is 5.69 Å². The van der Waals surface area contributed by atoms with Gasteiger partial charge in [0.15, 0.2) is 0 Å². The lowest BCUT2D eigenvalue weighted by molar-refractivity contribution is -0.132. The Bertz CT molecular complexity index is 1200. The van der Waals surface area contributed by atoms with Crippen molar-refractivity contribution in [2.24, 2.45) is 0 Å². The molecule has 0 bridgehead atoms. The van der Waals surface area contributed by atoms with Crippen molar-refractivity contribution in [1.82, 2.24) is 0 Å². The number of hydrogen-bond acceptors (Lipinski definition) is 5. The molecule has 1 amide bonds. The van der Waals surface area contributed by atoms with Crippen LogP contribution in [-0.2, 0) is 9.59 Å². The third-order valence-corrected chi connectivity index (χ3v) is 5.66. The van der Waals surface area contributed by atoms with Gasteiger partial charge in [0.25, 0.3) is 11.7 Å². The minimum Gasteiger partial charge on any atom is -0.507 e. The van der Waals surface area contributed by atoms with Gasteiger partial charge in [-0.3, -0.25) is 14.5 Å². The van der Waals surface area contributed by atoms with Gasteiger partial charge < -0.3 is 14.3 Å². The number of aliphatic hydroxyl groups is 1. The molecule has 1 aliphatic heterocycles. The standard InChI is InChI=1S/C25H22BrNO5/c1-3-13-31-19-10-8-16(9-11-19)23(28)21-22(20-12-7-15(2)32-20)27(25(30)24(21)29)18-6-4-5-17(26)14-18/h4-12,14,22,28H,3,13H2,1-2H3/b23-21-. The summed E-state index contributed by atoms with van der Waals surface area (Å²) in [5.41, 5.74) is 0.906. The number of amides is 1. The molecule has 1 saturated heterocycles. The van der Waals surface area contributed by atoms with E-state index in [1.807, 2.05) is 13.0 Å². The first kappa shape index (κ1) is 21.9. The fourth-order valence-corrected chi connectivity index (χ4v) is 4.07. The van der Waals surface area contributed by atoms with Crippen LogP contribution >= 0.6 is 15.9 Å². The van der Waals surface area contributed by atoms with Gasteiger partial charge in [0.05, 0.1) is 12.2 Å². The number of carbonyl (C=O) groups excluding carboxylic acids is 2. The Morgan fingerprint density at radius 3 is 2.50 bits per heavy atom. The highest BCUT2D eigenvalue weighted by Gasteiger charge is 2.48. The van der Waals surface area contributed by atoms with Gasteiger partial charge in [0.2, 0.25) is 0 Å². The Hall–Kier alpha value is -3.32. The van der Waals surface area contributed by atoms with Crippen LogP contribution in [0, 0.1) is 6.92 Å². The van der Waals surface area contributed by atoms with Crippen LogP contribution in [0.15, 0.2) is 75.1 Å². The van der Waals surface area contributed by atoms with Crippen LogP contribution in [-0.4, -0.2) is 23.4 Å². The number of aryl methyl sites for hydroxylation is 1. The Balaban J connectivity index is 1.83. The van der Waals surface area contributed by atoms with Crippen molar-refractivity contribution >= 4 is 39.1 Å². The number of nitrogens with zero attached hydrogens (tertiary/aromatic N) is 1. The van der Waals surface area contributed by atoms with Crippen molar-refractivity contribution in [3.8, 4) is 5.75 Å². The number of halogens is 1. The molecule has 1 atom stereocenters. The first-order valence-electron chi connectivity index (χ1n) is 10.3. The van der Waals surface area contributed by atoms with Gasteiger partial charge in [-0.15, -0.1) is 0 Å². The van der Waals surface area contributed by atoms with Gasteiger partial charge in [0.1, 0.15) is 29.1 Å². The van der Waals surface area contributed by atoms with Crippen LogP contribution in [0.3, 0.4) is 0 Å². The predicted octanol–water partition coefficient (Wildman–Crippen LogP) is 5.77. The van der Waals surface area contributed by atoms with Crippen molar-refractivity contribution in [3.05, 3.63) is 87.8 Å². The largest absolute Gasteiger partial charge is 0.507 e. The molecule has 0 radical (unpaired) electrons. The molecule has 1 aliphatic rings. The summed E-state index contributed by atoms with van der Waals surface area (Å²) in [6, 6.07) is 16.4. The molecule has 2 aromatic carbocycles. The van der Waals surface area contributed by atoms with Crippen LogP contribution < -0.4 is 9.64 Å². The van der Waals surface area contributed by atoms with Crippen molar-refractivity contribution < 1.29 is 23.8 Å². The molecule has 1 fully saturated rings. The average molecular weight is 496 g/mol. The van der Waals surface area contributed by atoms with E-state index in [1.165, 1.54) is 4.90 Å². The Kier molecular flexibility index (Phi) is 6.19. The first-order valence-corrected chi connectivity index (χ1v) is 11.1. The van der Waals surface area contributed by atoms with Gasteiger partial charge in [-0.25, -0.2) is 0 Å². The summed E-state index contributed by atoms with van der Waals surface area (Å²) >= 11 is 3.41. The summed E-state index contributed by atoms with van der Waals surface area (Å²) < 4.78 is 12.1. The molecule has 164 valence electrons. The molecule has 1 unspecified atom stereocenters. The summed E-state index contributed by atoms with van der Waals surface area (Å²) in [4.78, 5) is 27.5. The highest BCUT2D eigenvalue weighted by atomic mass is 79.9. The summed E-state index contributed by atoms with van der Waals surface area (Å²) in [6.45, 7) is 4.38. The third-order valence-electron chi connectivity index (χ3n) is 5.16. The second kappa shape index (κ2) is 9.04. The van der Waals surface area contributed by atoms with E-state index >= 15 is 0 Å². The van der Waals surface area contributed by atoms with Gasteiger partial charge in [-0.05, 0) is 67.9 Å². The Morgan fingerprint density at radius 1 is 1.12 bits per heavy atom. The van der Waals surface area contributed by atoms with Crippen molar-refractivity contribution in [1.29, 1.82) is 0 Å². The smallest absolute Gasteiger partial charge is 0.300 e. The SMILES string of the molecule is CCCOc1ccc(/C(O)=C2/C(=O)C(=O)N(c3cccc(Br)c3)C2c2ccc(C)o2)cc1. The zero-order chi connectivity index (χ0) is 22.8. The zero-order valence-corrected chi connectivity index (χ0v) is 19.3. The van der Waals surface area contributed by atoms with E-state index in [2.05, 4.69) is 15.9 Å². The van der Waals surface area contributed by atoms with Crippen molar-refractivity contribution in [3.63, 3.8) is 0 Å². The third kappa shape index (κ3) is 4.08. The minimum absolute atomic E-state index is 0.0217. The number of benzene rings is 2. The molecule has 7 heteroatoms. The van der Waals surface area contributed by atoms with Crippen LogP contribution in [0.5, 0.6) is 5.75 Å². The number of Topliss-reactive ketones (excluding diaryl/α,β-unsaturated/α-hetero) is 1. The summed E-state index contributed by atoms with van der Waals surface area (Å²) in [6.07, 6.45) is 0.878. The van der Waals surface area contributed by atoms with Gasteiger partial charge in [-0.1, -0.05) is 28.9 Å². The zero-order valence-electron chi connectivity index (χ0n) is 17.7. The number of carbonyl (C=O) groups is 2. The number of ketones is 1. The average Bonchev–Trinajstić information content (AvgIpc) is 3.33. The molecule has 4 rings (SSSR count). The van der Waals surface area contributed by atoms with Crippen LogP contribution in [0.25, 0.3) is 5.76 Å². The molecule has 6 nitrogen and oxygen atoms in total. The topological polar surface area (TPSA) is 80.0 Å². The highest BCUT2D eigenvalue weighted by Crippen LogP contribution is 2.43. The maximum atomic E-state index is 13.1. The predicted molar refractivity (Wildman–Crippen MR) is 125 cm³/mol. The van der Waals surface area contributed by atoms with Crippen LogP contribution in [0.1, 0.15) is 36.5 Å². The lowest BCUT2D eigenvalue weighted by atomic mass is 9.99. The molecule has 0 spiro atoms. The summed E-state index contributed by atoms with van der Waals surface area (Å²) in [7, 11) is 0. The van der Waals surface area contributed by atoms with Crippen molar-refractivity contribution in [2.45, 2.75) is 26.3 Å². The van der Waals surface area contributed by atoms with E-state index in [-0.39, 0.29) is 11.3 Å². The van der Waals surface area contributed by atoms with E-state index in [1.54, 1.807) is 61.5 Å². The normalized spacial score (nSPS) is 17.7. The van der Waals surface area contributed by atoms with E-state index in [0.717, 1.165) is 10.9 Å². The number of aliphatic hydroxyl groups excluding tert-OH is 1. The molecule has 32 heavy (non-hydrogen) atoms. The number of hydrogen-bond donors (Lipinski definition) is 1.